The van der Waals surface area contributed by atoms with Crippen molar-refractivity contribution in [3.8, 4) is 11.5 Å². The van der Waals surface area contributed by atoms with Gasteiger partial charge in [-0.25, -0.2) is 0 Å². The van der Waals surface area contributed by atoms with Crippen molar-refractivity contribution in [1.29, 1.82) is 0 Å². The van der Waals surface area contributed by atoms with E-state index in [-0.39, 0.29) is 24.2 Å². The molecule has 1 aromatic heterocycles. The summed E-state index contributed by atoms with van der Waals surface area (Å²) in [5, 5.41) is 9.31. The lowest BCUT2D eigenvalue weighted by molar-refractivity contribution is -0.140. The van der Waals surface area contributed by atoms with Crippen LogP contribution in [-0.2, 0) is 16.1 Å². The number of para-hydroxylation sites is 2. The van der Waals surface area contributed by atoms with Gasteiger partial charge in [-0.2, -0.15) is 0 Å². The molecule has 0 N–H and O–H groups in total. The lowest BCUT2D eigenvalue weighted by Crippen LogP contribution is -2.48. The molecule has 3 heterocycles. The van der Waals surface area contributed by atoms with Crippen molar-refractivity contribution in [3.05, 3.63) is 42.7 Å². The number of allylic oxidation sites excluding steroid dienone is 1. The zero-order chi connectivity index (χ0) is 21.1. The Balaban J connectivity index is 1.45. The minimum Gasteiger partial charge on any atom is -0.485 e. The second-order valence-corrected chi connectivity index (χ2v) is 8.39. The van der Waals surface area contributed by atoms with E-state index in [1.54, 1.807) is 6.08 Å². The molecule has 1 amide bonds. The lowest BCUT2D eigenvalue weighted by atomic mass is 10.2. The molecule has 3 unspecified atom stereocenters. The van der Waals surface area contributed by atoms with Gasteiger partial charge < -0.3 is 19.1 Å². The second kappa shape index (κ2) is 9.09. The maximum Gasteiger partial charge on any atom is 0.233 e. The van der Waals surface area contributed by atoms with E-state index in [0.717, 1.165) is 5.75 Å². The quantitative estimate of drug-likeness (QED) is 0.515. The molecular formula is C21H26N4O4S. The molecule has 3 atom stereocenters. The number of carbonyl (C=O) groups excluding carboxylic acids is 1. The first-order chi connectivity index (χ1) is 14.5. The van der Waals surface area contributed by atoms with Crippen LogP contribution in [0.25, 0.3) is 0 Å². The zero-order valence-electron chi connectivity index (χ0n) is 17.2. The molecule has 2 aliphatic rings. The fourth-order valence-corrected chi connectivity index (χ4v) is 4.55. The fraction of sp³-hybridized carbons (Fsp3) is 0.476. The zero-order valence-corrected chi connectivity index (χ0v) is 18.0. The highest BCUT2D eigenvalue weighted by Gasteiger charge is 2.29. The van der Waals surface area contributed by atoms with Crippen LogP contribution >= 0.6 is 11.8 Å². The van der Waals surface area contributed by atoms with E-state index in [9.17, 15) is 4.79 Å². The molecule has 2 aliphatic heterocycles. The summed E-state index contributed by atoms with van der Waals surface area (Å²) < 4.78 is 19.5. The van der Waals surface area contributed by atoms with E-state index < -0.39 is 0 Å². The van der Waals surface area contributed by atoms with Crippen molar-refractivity contribution in [2.75, 3.05) is 25.4 Å². The number of rotatable bonds is 6. The van der Waals surface area contributed by atoms with Crippen molar-refractivity contribution >= 4 is 17.7 Å². The van der Waals surface area contributed by atoms with Crippen molar-refractivity contribution in [2.45, 2.75) is 43.9 Å². The largest absolute Gasteiger partial charge is 0.485 e. The average Bonchev–Trinajstić information content (AvgIpc) is 3.14. The molecule has 1 saturated heterocycles. The monoisotopic (exact) mass is 430 g/mol. The first-order valence-electron chi connectivity index (χ1n) is 10.0. The smallest absolute Gasteiger partial charge is 0.233 e. The number of carbonyl (C=O) groups is 1. The van der Waals surface area contributed by atoms with E-state index >= 15 is 0 Å². The van der Waals surface area contributed by atoms with Crippen LogP contribution in [-0.4, -0.2) is 63.2 Å². The van der Waals surface area contributed by atoms with E-state index in [1.165, 1.54) is 11.8 Å². The molecule has 1 aromatic carbocycles. The molecule has 8 nitrogen and oxygen atoms in total. The van der Waals surface area contributed by atoms with Crippen LogP contribution in [0, 0.1) is 0 Å². The molecule has 160 valence electrons. The number of aromatic nitrogens is 3. The third kappa shape index (κ3) is 4.46. The Morgan fingerprint density at radius 3 is 2.70 bits per heavy atom. The fourth-order valence-electron chi connectivity index (χ4n) is 3.69. The predicted octanol–water partition coefficient (Wildman–Crippen LogP) is 2.70. The van der Waals surface area contributed by atoms with Crippen LogP contribution in [0.3, 0.4) is 0 Å². The van der Waals surface area contributed by atoms with Gasteiger partial charge in [0, 0.05) is 19.6 Å². The summed E-state index contributed by atoms with van der Waals surface area (Å²) in [5.41, 5.74) is 0. The van der Waals surface area contributed by atoms with Crippen LogP contribution in [0.1, 0.15) is 25.8 Å². The summed E-state index contributed by atoms with van der Waals surface area (Å²) in [5.74, 6) is 2.43. The highest BCUT2D eigenvalue weighted by Crippen LogP contribution is 2.36. The maximum atomic E-state index is 12.7. The average molecular weight is 431 g/mol. The molecule has 0 saturated carbocycles. The second-order valence-electron chi connectivity index (χ2n) is 7.45. The number of benzene rings is 1. The third-order valence-corrected chi connectivity index (χ3v) is 5.90. The first-order valence-corrected chi connectivity index (χ1v) is 11.0. The van der Waals surface area contributed by atoms with Gasteiger partial charge in [-0.05, 0) is 26.0 Å². The number of nitrogens with zero attached hydrogens (tertiary/aromatic N) is 4. The Kier molecular flexibility index (Phi) is 6.29. The maximum absolute atomic E-state index is 12.7. The normalized spacial score (nSPS) is 23.3. The van der Waals surface area contributed by atoms with Gasteiger partial charge in [0.2, 0.25) is 5.91 Å². The van der Waals surface area contributed by atoms with E-state index in [2.05, 4.69) is 16.8 Å². The SMILES string of the molecule is C=CCn1c(SCC(=O)N2CC(C)OC(C)C2)nnc1C1COc2ccccc2O1. The Morgan fingerprint density at radius 2 is 1.97 bits per heavy atom. The molecule has 0 aliphatic carbocycles. The van der Waals surface area contributed by atoms with Crippen molar-refractivity contribution in [3.63, 3.8) is 0 Å². The lowest BCUT2D eigenvalue weighted by Gasteiger charge is -2.35. The van der Waals surface area contributed by atoms with Crippen molar-refractivity contribution < 1.29 is 19.0 Å². The number of hydrogen-bond acceptors (Lipinski definition) is 7. The first kappa shape index (κ1) is 20.7. The van der Waals surface area contributed by atoms with Gasteiger partial charge in [0.1, 0.15) is 6.61 Å². The summed E-state index contributed by atoms with van der Waals surface area (Å²) in [6, 6.07) is 7.55. The van der Waals surface area contributed by atoms with Crippen LogP contribution < -0.4 is 9.47 Å². The molecule has 9 heteroatoms. The van der Waals surface area contributed by atoms with Crippen molar-refractivity contribution in [2.24, 2.45) is 0 Å². The highest BCUT2D eigenvalue weighted by molar-refractivity contribution is 7.99. The Labute approximate surface area is 180 Å². The molecule has 0 spiro atoms. The van der Waals surface area contributed by atoms with Gasteiger partial charge in [-0.1, -0.05) is 30.0 Å². The topological polar surface area (TPSA) is 78.7 Å². The molecule has 1 fully saturated rings. The molecule has 0 bridgehead atoms. The van der Waals surface area contributed by atoms with Crippen molar-refractivity contribution in [1.82, 2.24) is 19.7 Å². The van der Waals surface area contributed by atoms with Crippen LogP contribution in [0.2, 0.25) is 0 Å². The van der Waals surface area contributed by atoms with E-state index in [4.69, 9.17) is 14.2 Å². The summed E-state index contributed by atoms with van der Waals surface area (Å²) in [4.78, 5) is 14.6. The molecule has 30 heavy (non-hydrogen) atoms. The van der Waals surface area contributed by atoms with Gasteiger partial charge in [-0.15, -0.1) is 16.8 Å². The number of hydrogen-bond donors (Lipinski definition) is 0. The van der Waals surface area contributed by atoms with Gasteiger partial charge in [-0.3, -0.25) is 9.36 Å². The summed E-state index contributed by atoms with van der Waals surface area (Å²) in [7, 11) is 0. The van der Waals surface area contributed by atoms with Crippen LogP contribution in [0.5, 0.6) is 11.5 Å². The molecule has 4 rings (SSSR count). The Hall–Kier alpha value is -2.52. The van der Waals surface area contributed by atoms with Gasteiger partial charge in [0.25, 0.3) is 0 Å². The van der Waals surface area contributed by atoms with Crippen LogP contribution in [0.15, 0.2) is 42.1 Å². The minimum atomic E-state index is -0.377. The Bertz CT molecular complexity index is 908. The standard InChI is InChI=1S/C21H26N4O4S/c1-4-9-25-20(18-12-27-16-7-5-6-8-17(16)29-18)22-23-21(25)30-13-19(26)24-10-14(2)28-15(3)11-24/h4-8,14-15,18H,1,9-13H2,2-3H3. The molecule has 0 radical (unpaired) electrons. The predicted molar refractivity (Wildman–Crippen MR) is 113 cm³/mol. The summed E-state index contributed by atoms with van der Waals surface area (Å²) in [6.45, 7) is 9.90. The number of morpholine rings is 1. The highest BCUT2D eigenvalue weighted by atomic mass is 32.2. The van der Waals surface area contributed by atoms with Gasteiger partial charge in [0.15, 0.2) is 28.6 Å². The van der Waals surface area contributed by atoms with Gasteiger partial charge in [0.05, 0.1) is 18.0 Å². The van der Waals surface area contributed by atoms with E-state index in [0.29, 0.717) is 48.7 Å². The van der Waals surface area contributed by atoms with Crippen LogP contribution in [0.4, 0.5) is 0 Å². The molecular weight excluding hydrogens is 404 g/mol. The van der Waals surface area contributed by atoms with Gasteiger partial charge >= 0.3 is 0 Å². The minimum absolute atomic E-state index is 0.0463. The number of fused-ring (bicyclic) bond motifs is 1. The number of thioether (sulfide) groups is 1. The summed E-state index contributed by atoms with van der Waals surface area (Å²) >= 11 is 1.37. The Morgan fingerprint density at radius 1 is 1.23 bits per heavy atom. The third-order valence-electron chi connectivity index (χ3n) is 4.95. The van der Waals surface area contributed by atoms with E-state index in [1.807, 2.05) is 47.6 Å². The number of ether oxygens (including phenoxy) is 3. The molecule has 2 aromatic rings. The number of amides is 1. The summed E-state index contributed by atoms with van der Waals surface area (Å²) in [6.07, 6.45) is 1.50.